The molecule has 1 heteroatoms. The molecule has 84 valence electrons. The van der Waals surface area contributed by atoms with Crippen molar-refractivity contribution in [1.29, 1.82) is 5.26 Å². The largest absolute Gasteiger partial charge is 0.198 e. The van der Waals surface area contributed by atoms with Crippen molar-refractivity contribution in [2.24, 2.45) is 23.2 Å². The second-order valence-electron chi connectivity index (χ2n) is 6.07. The van der Waals surface area contributed by atoms with E-state index >= 15 is 0 Å². The molecule has 0 heterocycles. The zero-order valence-electron chi connectivity index (χ0n) is 10.1. The minimum absolute atomic E-state index is 0.372. The van der Waals surface area contributed by atoms with E-state index in [-0.39, 0.29) is 0 Å². The first-order valence-corrected chi connectivity index (χ1v) is 6.56. The van der Waals surface area contributed by atoms with Gasteiger partial charge in [-0.05, 0) is 55.8 Å². The molecule has 15 heavy (non-hydrogen) atoms. The minimum atomic E-state index is 0.372. The molecule has 0 radical (unpaired) electrons. The molecule has 0 aromatic heterocycles. The Labute approximate surface area is 93.9 Å². The molecule has 4 atom stereocenters. The fraction of sp³-hybridized carbons (Fsp3) is 0.929. The number of rotatable bonds is 1. The summed E-state index contributed by atoms with van der Waals surface area (Å²) < 4.78 is 0. The van der Waals surface area contributed by atoms with Crippen LogP contribution in [-0.2, 0) is 0 Å². The maximum Gasteiger partial charge on any atom is 0.0655 e. The van der Waals surface area contributed by atoms with E-state index in [1.54, 1.807) is 0 Å². The average molecular weight is 205 g/mol. The summed E-state index contributed by atoms with van der Waals surface area (Å²) in [6.07, 6.45) is 9.21. The van der Waals surface area contributed by atoms with Crippen molar-refractivity contribution < 1.29 is 0 Å². The molecule has 2 fully saturated rings. The van der Waals surface area contributed by atoms with E-state index in [2.05, 4.69) is 19.9 Å². The molecule has 2 rings (SSSR count). The van der Waals surface area contributed by atoms with Gasteiger partial charge < -0.3 is 0 Å². The second-order valence-corrected chi connectivity index (χ2v) is 6.07. The minimum Gasteiger partial charge on any atom is -0.198 e. The normalized spacial score (nSPS) is 45.5. The fourth-order valence-corrected chi connectivity index (χ4v) is 3.66. The first kappa shape index (κ1) is 11.0. The van der Waals surface area contributed by atoms with E-state index in [1.165, 1.54) is 38.5 Å². The van der Waals surface area contributed by atoms with Crippen LogP contribution in [0, 0.1) is 34.5 Å². The molecular weight excluding hydrogens is 182 g/mol. The summed E-state index contributed by atoms with van der Waals surface area (Å²) in [5, 5.41) is 8.98. The zero-order chi connectivity index (χ0) is 10.9. The number of hydrogen-bond donors (Lipinski definition) is 0. The third-order valence-corrected chi connectivity index (χ3v) is 5.05. The molecule has 0 aliphatic heterocycles. The Hall–Kier alpha value is -0.510. The maximum atomic E-state index is 8.98. The van der Waals surface area contributed by atoms with Gasteiger partial charge in [-0.15, -0.1) is 0 Å². The number of fused-ring (bicyclic) bond motifs is 1. The predicted octanol–water partition coefficient (Wildman–Crippen LogP) is 4.14. The Kier molecular flexibility index (Phi) is 3.05. The topological polar surface area (TPSA) is 23.8 Å². The van der Waals surface area contributed by atoms with Gasteiger partial charge in [-0.25, -0.2) is 0 Å². The summed E-state index contributed by atoms with van der Waals surface area (Å²) in [4.78, 5) is 0. The summed E-state index contributed by atoms with van der Waals surface area (Å²) >= 11 is 0. The van der Waals surface area contributed by atoms with Crippen LogP contribution in [0.2, 0.25) is 0 Å². The lowest BCUT2D eigenvalue weighted by molar-refractivity contribution is 0.0579. The molecule has 0 aromatic carbocycles. The molecular formula is C14H23N. The number of nitriles is 1. The quantitative estimate of drug-likeness (QED) is 0.631. The molecule has 0 saturated heterocycles. The van der Waals surface area contributed by atoms with E-state index in [1.807, 2.05) is 0 Å². The lowest BCUT2D eigenvalue weighted by Crippen LogP contribution is -2.35. The van der Waals surface area contributed by atoms with Crippen molar-refractivity contribution in [2.75, 3.05) is 0 Å². The standard InChI is InChI=1S/C14H23N/c1-3-14(2)7-6-12-8-11(10-15)4-5-13(12)9-14/h11-13H,3-9H2,1-2H3. The van der Waals surface area contributed by atoms with Crippen LogP contribution in [0.5, 0.6) is 0 Å². The van der Waals surface area contributed by atoms with Crippen molar-refractivity contribution in [3.8, 4) is 6.07 Å². The highest BCUT2D eigenvalue weighted by atomic mass is 14.4. The van der Waals surface area contributed by atoms with Gasteiger partial charge in [-0.1, -0.05) is 20.3 Å². The lowest BCUT2D eigenvalue weighted by atomic mass is 9.60. The highest BCUT2D eigenvalue weighted by Crippen LogP contribution is 2.50. The Morgan fingerprint density at radius 1 is 1.27 bits per heavy atom. The van der Waals surface area contributed by atoms with Crippen molar-refractivity contribution in [1.82, 2.24) is 0 Å². The van der Waals surface area contributed by atoms with E-state index in [9.17, 15) is 0 Å². The highest BCUT2D eigenvalue weighted by Gasteiger charge is 2.39. The Balaban J connectivity index is 1.98. The van der Waals surface area contributed by atoms with Gasteiger partial charge in [0.2, 0.25) is 0 Å². The summed E-state index contributed by atoms with van der Waals surface area (Å²) in [5.74, 6) is 2.19. The average Bonchev–Trinajstić information content (AvgIpc) is 2.28. The summed E-state index contributed by atoms with van der Waals surface area (Å²) in [6, 6.07) is 2.47. The van der Waals surface area contributed by atoms with E-state index in [0.29, 0.717) is 11.3 Å². The number of hydrogen-bond acceptors (Lipinski definition) is 1. The van der Waals surface area contributed by atoms with Gasteiger partial charge in [0.1, 0.15) is 0 Å². The van der Waals surface area contributed by atoms with Gasteiger partial charge >= 0.3 is 0 Å². The summed E-state index contributed by atoms with van der Waals surface area (Å²) in [5.41, 5.74) is 0.612. The van der Waals surface area contributed by atoms with Crippen LogP contribution in [0.3, 0.4) is 0 Å². The van der Waals surface area contributed by atoms with Gasteiger partial charge in [0.05, 0.1) is 6.07 Å². The fourth-order valence-electron chi connectivity index (χ4n) is 3.66. The van der Waals surface area contributed by atoms with Crippen LogP contribution < -0.4 is 0 Å². The molecule has 0 amide bonds. The maximum absolute atomic E-state index is 8.98. The molecule has 0 aromatic rings. The molecule has 4 unspecified atom stereocenters. The molecule has 2 aliphatic rings. The monoisotopic (exact) mass is 205 g/mol. The first-order valence-electron chi connectivity index (χ1n) is 6.56. The number of nitrogens with zero attached hydrogens (tertiary/aromatic N) is 1. The predicted molar refractivity (Wildman–Crippen MR) is 62.2 cm³/mol. The van der Waals surface area contributed by atoms with Gasteiger partial charge in [0.15, 0.2) is 0 Å². The lowest BCUT2D eigenvalue weighted by Gasteiger charge is -2.45. The van der Waals surface area contributed by atoms with E-state index in [0.717, 1.165) is 18.3 Å². The van der Waals surface area contributed by atoms with Crippen molar-refractivity contribution in [3.63, 3.8) is 0 Å². The first-order chi connectivity index (χ1) is 7.17. The Morgan fingerprint density at radius 2 is 2.07 bits per heavy atom. The van der Waals surface area contributed by atoms with E-state index < -0.39 is 0 Å². The van der Waals surface area contributed by atoms with Crippen molar-refractivity contribution in [3.05, 3.63) is 0 Å². The van der Waals surface area contributed by atoms with Gasteiger partial charge in [-0.2, -0.15) is 5.26 Å². The summed E-state index contributed by atoms with van der Waals surface area (Å²) in [7, 11) is 0. The van der Waals surface area contributed by atoms with Crippen LogP contribution in [-0.4, -0.2) is 0 Å². The third kappa shape index (κ3) is 2.19. The molecule has 0 bridgehead atoms. The molecule has 0 spiro atoms. The molecule has 1 nitrogen and oxygen atoms in total. The SMILES string of the molecule is CCC1(C)CCC2CC(C#N)CCC2C1. The second kappa shape index (κ2) is 4.16. The van der Waals surface area contributed by atoms with Crippen molar-refractivity contribution in [2.45, 2.75) is 58.8 Å². The summed E-state index contributed by atoms with van der Waals surface area (Å²) in [6.45, 7) is 4.79. The van der Waals surface area contributed by atoms with Gasteiger partial charge in [-0.3, -0.25) is 0 Å². The van der Waals surface area contributed by atoms with Crippen LogP contribution in [0.15, 0.2) is 0 Å². The van der Waals surface area contributed by atoms with Crippen LogP contribution in [0.1, 0.15) is 58.8 Å². The Bertz CT molecular complexity index is 265. The van der Waals surface area contributed by atoms with Gasteiger partial charge in [0, 0.05) is 5.92 Å². The van der Waals surface area contributed by atoms with Gasteiger partial charge in [0.25, 0.3) is 0 Å². The molecule has 2 aliphatic carbocycles. The highest BCUT2D eigenvalue weighted by molar-refractivity contribution is 4.95. The van der Waals surface area contributed by atoms with Crippen LogP contribution >= 0.6 is 0 Å². The van der Waals surface area contributed by atoms with Crippen LogP contribution in [0.25, 0.3) is 0 Å². The van der Waals surface area contributed by atoms with E-state index in [4.69, 9.17) is 5.26 Å². The molecule has 0 N–H and O–H groups in total. The Morgan fingerprint density at radius 3 is 2.73 bits per heavy atom. The van der Waals surface area contributed by atoms with Crippen LogP contribution in [0.4, 0.5) is 0 Å². The smallest absolute Gasteiger partial charge is 0.0655 e. The molecule has 2 saturated carbocycles. The van der Waals surface area contributed by atoms with Crippen molar-refractivity contribution >= 4 is 0 Å². The zero-order valence-corrected chi connectivity index (χ0v) is 10.1. The third-order valence-electron chi connectivity index (χ3n) is 5.05.